The summed E-state index contributed by atoms with van der Waals surface area (Å²) in [5, 5.41) is 21.3. The van der Waals surface area contributed by atoms with Crippen LogP contribution < -0.4 is 4.74 Å². The lowest BCUT2D eigenvalue weighted by atomic mass is 9.86. The molecule has 38 heavy (non-hydrogen) atoms. The van der Waals surface area contributed by atoms with E-state index in [2.05, 4.69) is 0 Å². The van der Waals surface area contributed by atoms with Gasteiger partial charge in [0.2, 0.25) is 0 Å². The second-order valence-corrected chi connectivity index (χ2v) is 9.78. The van der Waals surface area contributed by atoms with Crippen molar-refractivity contribution in [2.24, 2.45) is 5.92 Å². The van der Waals surface area contributed by atoms with Gasteiger partial charge in [-0.1, -0.05) is 74.9 Å². The summed E-state index contributed by atoms with van der Waals surface area (Å²) in [4.78, 5) is 23.0. The Morgan fingerprint density at radius 1 is 0.974 bits per heavy atom. The lowest BCUT2D eigenvalue weighted by molar-refractivity contribution is -0.385. The first-order valence-corrected chi connectivity index (χ1v) is 13.1. The van der Waals surface area contributed by atoms with Crippen LogP contribution in [0.15, 0.2) is 60.7 Å². The zero-order valence-electron chi connectivity index (χ0n) is 21.3. The van der Waals surface area contributed by atoms with Gasteiger partial charge in [0.05, 0.1) is 17.1 Å². The Morgan fingerprint density at radius 3 is 2.42 bits per heavy atom. The van der Waals surface area contributed by atoms with Gasteiger partial charge in [0.15, 0.2) is 5.75 Å². The third-order valence-electron chi connectivity index (χ3n) is 7.08. The largest absolute Gasteiger partial charge is 0.487 e. The van der Waals surface area contributed by atoms with Crippen molar-refractivity contribution in [1.82, 2.24) is 0 Å². The molecule has 0 atom stereocenters. The number of ether oxygens (including phenoxy) is 1. The quantitative estimate of drug-likeness (QED) is 0.119. The maximum Gasteiger partial charge on any atom is 0.336 e. The standard InChI is InChI=1S/C31H32FNO5/c32-27-15-12-24(13-16-27)25-14-17-28(31(34)35)26(21-25)11-9-23-10-18-30(29(20-23)33(36)37)38-19-5-4-8-22-6-2-1-3-7-22/h9-18,20-22H,1-8,19H2,(H,34,35)/b11-9+. The molecule has 1 saturated carbocycles. The van der Waals surface area contributed by atoms with Crippen LogP contribution in [0.4, 0.5) is 10.1 Å². The average Bonchev–Trinajstić information content (AvgIpc) is 2.92. The van der Waals surface area contributed by atoms with E-state index in [9.17, 15) is 24.4 Å². The molecule has 0 saturated heterocycles. The summed E-state index contributed by atoms with van der Waals surface area (Å²) < 4.78 is 19.1. The van der Waals surface area contributed by atoms with E-state index in [1.54, 1.807) is 48.6 Å². The highest BCUT2D eigenvalue weighted by atomic mass is 19.1. The summed E-state index contributed by atoms with van der Waals surface area (Å²) >= 11 is 0. The van der Waals surface area contributed by atoms with Crippen molar-refractivity contribution in [3.05, 3.63) is 93.3 Å². The third-order valence-corrected chi connectivity index (χ3v) is 7.08. The number of unbranched alkanes of at least 4 members (excludes halogenated alkanes) is 1. The van der Waals surface area contributed by atoms with Crippen LogP contribution in [0.2, 0.25) is 0 Å². The lowest BCUT2D eigenvalue weighted by Crippen LogP contribution is -2.07. The molecule has 1 aliphatic rings. The summed E-state index contributed by atoms with van der Waals surface area (Å²) in [6, 6.07) is 15.5. The SMILES string of the molecule is O=C(O)c1ccc(-c2ccc(F)cc2)cc1/C=C/c1ccc(OCCCCC2CCCCC2)c([N+](=O)[O-])c1. The van der Waals surface area contributed by atoms with Gasteiger partial charge in [-0.2, -0.15) is 0 Å². The van der Waals surface area contributed by atoms with Gasteiger partial charge in [0.25, 0.3) is 0 Å². The van der Waals surface area contributed by atoms with E-state index in [-0.39, 0.29) is 22.8 Å². The number of hydrogen-bond acceptors (Lipinski definition) is 4. The van der Waals surface area contributed by atoms with E-state index in [0.717, 1.165) is 29.9 Å². The van der Waals surface area contributed by atoms with Crippen LogP contribution >= 0.6 is 0 Å². The molecule has 0 aliphatic heterocycles. The van der Waals surface area contributed by atoms with E-state index >= 15 is 0 Å². The van der Waals surface area contributed by atoms with Crippen LogP contribution in [0.3, 0.4) is 0 Å². The molecule has 0 amide bonds. The summed E-state index contributed by atoms with van der Waals surface area (Å²) in [6.07, 6.45) is 13.0. The molecule has 0 radical (unpaired) electrons. The van der Waals surface area contributed by atoms with Crippen molar-refractivity contribution in [2.75, 3.05) is 6.61 Å². The molecule has 7 heteroatoms. The van der Waals surface area contributed by atoms with Crippen LogP contribution in [-0.2, 0) is 0 Å². The number of halogens is 1. The molecule has 3 aromatic rings. The third kappa shape index (κ3) is 7.28. The number of hydrogen-bond donors (Lipinski definition) is 1. The minimum atomic E-state index is -1.09. The Hall–Kier alpha value is -4.00. The van der Waals surface area contributed by atoms with Crippen molar-refractivity contribution in [3.63, 3.8) is 0 Å². The topological polar surface area (TPSA) is 89.7 Å². The van der Waals surface area contributed by atoms with E-state index in [4.69, 9.17) is 4.74 Å². The summed E-state index contributed by atoms with van der Waals surface area (Å²) in [7, 11) is 0. The van der Waals surface area contributed by atoms with Gasteiger partial charge in [-0.05, 0) is 71.3 Å². The van der Waals surface area contributed by atoms with Crippen molar-refractivity contribution < 1.29 is 24.0 Å². The van der Waals surface area contributed by atoms with Gasteiger partial charge in [-0.3, -0.25) is 10.1 Å². The molecule has 3 aromatic carbocycles. The summed E-state index contributed by atoms with van der Waals surface area (Å²) in [6.45, 7) is 0.431. The van der Waals surface area contributed by atoms with Crippen LogP contribution in [-0.4, -0.2) is 22.6 Å². The van der Waals surface area contributed by atoms with Gasteiger partial charge in [0.1, 0.15) is 5.82 Å². The molecular weight excluding hydrogens is 485 g/mol. The van der Waals surface area contributed by atoms with Crippen LogP contribution in [0.25, 0.3) is 23.3 Å². The van der Waals surface area contributed by atoms with Crippen molar-refractivity contribution >= 4 is 23.8 Å². The number of carboxylic acids is 1. The van der Waals surface area contributed by atoms with E-state index in [0.29, 0.717) is 17.7 Å². The second kappa shape index (κ2) is 13.0. The second-order valence-electron chi connectivity index (χ2n) is 9.78. The van der Waals surface area contributed by atoms with E-state index in [1.165, 1.54) is 62.8 Å². The number of aromatic carboxylic acids is 1. The number of rotatable bonds is 11. The molecule has 4 rings (SSSR count). The molecule has 1 N–H and O–H groups in total. The first kappa shape index (κ1) is 27.0. The van der Waals surface area contributed by atoms with Crippen LogP contribution in [0.1, 0.15) is 72.9 Å². The number of nitro groups is 1. The van der Waals surface area contributed by atoms with Gasteiger partial charge in [-0.15, -0.1) is 0 Å². The summed E-state index contributed by atoms with van der Waals surface area (Å²) in [5.41, 5.74) is 2.42. The summed E-state index contributed by atoms with van der Waals surface area (Å²) in [5.74, 6) is -0.408. The number of nitro benzene ring substituents is 1. The predicted molar refractivity (Wildman–Crippen MR) is 147 cm³/mol. The van der Waals surface area contributed by atoms with Crippen molar-refractivity contribution in [2.45, 2.75) is 51.4 Å². The Bertz CT molecular complexity index is 1300. The molecule has 198 valence electrons. The molecule has 0 spiro atoms. The van der Waals surface area contributed by atoms with Gasteiger partial charge in [0, 0.05) is 6.07 Å². The molecule has 6 nitrogen and oxygen atoms in total. The lowest BCUT2D eigenvalue weighted by Gasteiger charge is -2.21. The molecule has 0 unspecified atom stereocenters. The molecular formula is C31H32FNO5. The number of carboxylic acid groups (broad SMARTS) is 1. The smallest absolute Gasteiger partial charge is 0.336 e. The van der Waals surface area contributed by atoms with E-state index < -0.39 is 10.9 Å². The Kier molecular flexibility index (Phi) is 9.25. The first-order valence-electron chi connectivity index (χ1n) is 13.1. The fourth-order valence-corrected chi connectivity index (χ4v) is 5.00. The maximum absolute atomic E-state index is 13.3. The molecule has 0 bridgehead atoms. The van der Waals surface area contributed by atoms with Crippen LogP contribution in [0, 0.1) is 21.8 Å². The zero-order chi connectivity index (χ0) is 26.9. The van der Waals surface area contributed by atoms with Gasteiger partial charge in [-0.25, -0.2) is 9.18 Å². The Balaban J connectivity index is 1.45. The zero-order valence-corrected chi connectivity index (χ0v) is 21.3. The minimum Gasteiger partial charge on any atom is -0.487 e. The number of benzene rings is 3. The molecule has 1 aliphatic carbocycles. The van der Waals surface area contributed by atoms with Gasteiger partial charge < -0.3 is 9.84 Å². The predicted octanol–water partition coefficient (Wildman–Crippen LogP) is 8.40. The maximum atomic E-state index is 13.3. The monoisotopic (exact) mass is 517 g/mol. The highest BCUT2D eigenvalue weighted by molar-refractivity contribution is 5.94. The average molecular weight is 518 g/mol. The van der Waals surface area contributed by atoms with Crippen LogP contribution in [0.5, 0.6) is 5.75 Å². The van der Waals surface area contributed by atoms with Crippen molar-refractivity contribution in [1.29, 1.82) is 0 Å². The first-order chi connectivity index (χ1) is 18.4. The number of nitrogens with zero attached hydrogens (tertiary/aromatic N) is 1. The van der Waals surface area contributed by atoms with Gasteiger partial charge >= 0.3 is 11.7 Å². The molecule has 1 fully saturated rings. The highest BCUT2D eigenvalue weighted by Crippen LogP contribution is 2.31. The highest BCUT2D eigenvalue weighted by Gasteiger charge is 2.17. The molecule has 0 aromatic heterocycles. The fourth-order valence-electron chi connectivity index (χ4n) is 5.00. The van der Waals surface area contributed by atoms with E-state index in [1.807, 2.05) is 0 Å². The minimum absolute atomic E-state index is 0.0924. The Labute approximate surface area is 221 Å². The molecule has 0 heterocycles. The number of carbonyl (C=O) groups is 1. The fraction of sp³-hybridized carbons (Fsp3) is 0.323. The normalized spacial score (nSPS) is 14.0. The Morgan fingerprint density at radius 2 is 1.71 bits per heavy atom. The van der Waals surface area contributed by atoms with Crippen molar-refractivity contribution in [3.8, 4) is 16.9 Å².